The van der Waals surface area contributed by atoms with E-state index < -0.39 is 14.6 Å². The first-order chi connectivity index (χ1) is 7.58. The molecule has 1 fully saturated rings. The van der Waals surface area contributed by atoms with Crippen molar-refractivity contribution in [3.63, 3.8) is 0 Å². The summed E-state index contributed by atoms with van der Waals surface area (Å²) >= 11 is 0. The Morgan fingerprint density at radius 2 is 2.06 bits per heavy atom. The van der Waals surface area contributed by atoms with Crippen LogP contribution in [-0.4, -0.2) is 13.2 Å². The van der Waals surface area contributed by atoms with Gasteiger partial charge in [-0.25, -0.2) is 8.42 Å². The van der Waals surface area contributed by atoms with Gasteiger partial charge in [0.1, 0.15) is 0 Å². The predicted molar refractivity (Wildman–Crippen MR) is 60.3 cm³/mol. The van der Waals surface area contributed by atoms with Gasteiger partial charge < -0.3 is 0 Å². The zero-order valence-electron chi connectivity index (χ0n) is 8.63. The molecule has 0 N–H and O–H groups in total. The van der Waals surface area contributed by atoms with Crippen molar-refractivity contribution in [3.05, 3.63) is 43.0 Å². The summed E-state index contributed by atoms with van der Waals surface area (Å²) in [5.41, 5.74) is 0. The van der Waals surface area contributed by atoms with E-state index in [2.05, 4.69) is 6.58 Å². The molecular weight excluding hydrogens is 222 g/mol. The number of hydrogen-bond acceptors (Lipinski definition) is 3. The summed E-state index contributed by atoms with van der Waals surface area (Å²) in [6.45, 7) is 3.56. The van der Waals surface area contributed by atoms with Gasteiger partial charge in [0, 0.05) is 5.92 Å². The summed E-state index contributed by atoms with van der Waals surface area (Å²) in [6, 6.07) is 10.0. The molecule has 0 aliphatic heterocycles. The number of nitrogens with zero attached hydrogens (tertiary/aromatic N) is 1. The molecule has 16 heavy (non-hydrogen) atoms. The van der Waals surface area contributed by atoms with E-state index in [9.17, 15) is 8.42 Å². The van der Waals surface area contributed by atoms with Crippen molar-refractivity contribution < 1.29 is 8.42 Å². The van der Waals surface area contributed by atoms with Gasteiger partial charge in [0.2, 0.25) is 0 Å². The van der Waals surface area contributed by atoms with Gasteiger partial charge in [0.05, 0.1) is 11.0 Å². The van der Waals surface area contributed by atoms with Crippen LogP contribution in [0, 0.1) is 17.2 Å². The Kier molecular flexibility index (Phi) is 2.36. The van der Waals surface area contributed by atoms with Crippen molar-refractivity contribution >= 4 is 9.84 Å². The average molecular weight is 233 g/mol. The molecule has 3 nitrogen and oxygen atoms in total. The first-order valence-electron chi connectivity index (χ1n) is 4.92. The summed E-state index contributed by atoms with van der Waals surface area (Å²) in [4.78, 5) is 0.209. The second-order valence-corrected chi connectivity index (χ2v) is 6.07. The zero-order chi connectivity index (χ0) is 11.8. The van der Waals surface area contributed by atoms with Gasteiger partial charge in [0.25, 0.3) is 0 Å². The predicted octanol–water partition coefficient (Wildman–Crippen LogP) is 1.93. The van der Waals surface area contributed by atoms with Crippen LogP contribution < -0.4 is 0 Å². The molecule has 1 aliphatic rings. The summed E-state index contributed by atoms with van der Waals surface area (Å²) in [5, 5.41) is 9.08. The number of benzene rings is 1. The number of hydrogen-bond donors (Lipinski definition) is 0. The first kappa shape index (κ1) is 10.9. The van der Waals surface area contributed by atoms with Gasteiger partial charge in [-0.15, -0.1) is 6.58 Å². The molecule has 0 saturated heterocycles. The summed E-state index contributed by atoms with van der Waals surface area (Å²) in [7, 11) is -3.57. The van der Waals surface area contributed by atoms with Crippen molar-refractivity contribution in [1.82, 2.24) is 0 Å². The van der Waals surface area contributed by atoms with E-state index in [4.69, 9.17) is 5.26 Å². The van der Waals surface area contributed by atoms with E-state index >= 15 is 0 Å². The molecule has 0 spiro atoms. The number of nitriles is 1. The maximum absolute atomic E-state index is 12.2. The molecule has 0 heterocycles. The lowest BCUT2D eigenvalue weighted by atomic mass is 10.3. The quantitative estimate of drug-likeness (QED) is 0.749. The highest BCUT2D eigenvalue weighted by Gasteiger charge is 2.63. The second-order valence-electron chi connectivity index (χ2n) is 3.86. The molecule has 2 rings (SSSR count). The molecule has 1 saturated carbocycles. The van der Waals surface area contributed by atoms with Crippen LogP contribution in [0.2, 0.25) is 0 Å². The SMILES string of the molecule is C=C[C@@H]1C[C@@]1(C#N)S(=O)(=O)c1ccccc1. The number of allylic oxidation sites excluding steroid dienone is 1. The Bertz CT molecular complexity index is 556. The van der Waals surface area contributed by atoms with Crippen LogP contribution in [0.4, 0.5) is 0 Å². The molecule has 82 valence electrons. The minimum absolute atomic E-state index is 0.209. The van der Waals surface area contributed by atoms with E-state index in [1.807, 2.05) is 6.07 Å². The van der Waals surface area contributed by atoms with Gasteiger partial charge in [-0.3, -0.25) is 0 Å². The zero-order valence-corrected chi connectivity index (χ0v) is 9.44. The van der Waals surface area contributed by atoms with Gasteiger partial charge in [-0.2, -0.15) is 5.26 Å². The van der Waals surface area contributed by atoms with Crippen molar-refractivity contribution in [2.75, 3.05) is 0 Å². The standard InChI is InChI=1S/C12H11NO2S/c1-2-10-8-12(10,9-13)16(14,15)11-6-4-3-5-7-11/h2-7,10H,1,8H2/t10-,12+/m1/s1. The third-order valence-corrected chi connectivity index (χ3v) is 5.38. The van der Waals surface area contributed by atoms with Gasteiger partial charge in [-0.05, 0) is 18.6 Å². The van der Waals surface area contributed by atoms with Crippen LogP contribution >= 0.6 is 0 Å². The Hall–Kier alpha value is -1.60. The topological polar surface area (TPSA) is 57.9 Å². The third kappa shape index (κ3) is 1.29. The van der Waals surface area contributed by atoms with Crippen LogP contribution in [0.3, 0.4) is 0 Å². The highest BCUT2D eigenvalue weighted by atomic mass is 32.2. The normalized spacial score (nSPS) is 28.1. The fraction of sp³-hybridized carbons (Fsp3) is 0.250. The summed E-state index contributed by atoms with van der Waals surface area (Å²) in [6.07, 6.45) is 1.90. The maximum atomic E-state index is 12.2. The molecule has 2 atom stereocenters. The Morgan fingerprint density at radius 1 is 1.44 bits per heavy atom. The largest absolute Gasteiger partial charge is 0.222 e. The molecule has 0 bridgehead atoms. The monoisotopic (exact) mass is 233 g/mol. The third-order valence-electron chi connectivity index (χ3n) is 2.97. The fourth-order valence-corrected chi connectivity index (χ4v) is 3.80. The lowest BCUT2D eigenvalue weighted by Gasteiger charge is -2.09. The van der Waals surface area contributed by atoms with Crippen LogP contribution in [0.15, 0.2) is 47.9 Å². The van der Waals surface area contributed by atoms with Gasteiger partial charge >= 0.3 is 0 Å². The Morgan fingerprint density at radius 3 is 2.50 bits per heavy atom. The minimum atomic E-state index is -3.57. The van der Waals surface area contributed by atoms with E-state index in [0.29, 0.717) is 6.42 Å². The molecular formula is C12H11NO2S. The Labute approximate surface area is 94.9 Å². The summed E-state index contributed by atoms with van der Waals surface area (Å²) < 4.78 is 23.2. The molecule has 1 aromatic rings. The minimum Gasteiger partial charge on any atom is -0.222 e. The number of rotatable bonds is 3. The number of sulfone groups is 1. The van der Waals surface area contributed by atoms with Crippen LogP contribution in [0.5, 0.6) is 0 Å². The van der Waals surface area contributed by atoms with Gasteiger partial charge in [-0.1, -0.05) is 24.3 Å². The van der Waals surface area contributed by atoms with Crippen LogP contribution in [0.1, 0.15) is 6.42 Å². The molecule has 0 unspecified atom stereocenters. The molecule has 1 aromatic carbocycles. The van der Waals surface area contributed by atoms with Crippen LogP contribution in [-0.2, 0) is 9.84 Å². The fourth-order valence-electron chi connectivity index (χ4n) is 1.85. The van der Waals surface area contributed by atoms with Gasteiger partial charge in [0.15, 0.2) is 14.6 Å². The van der Waals surface area contributed by atoms with Crippen molar-refractivity contribution in [1.29, 1.82) is 5.26 Å². The second kappa shape index (κ2) is 3.46. The smallest absolute Gasteiger partial charge is 0.198 e. The molecule has 4 heteroatoms. The average Bonchev–Trinajstić information content (AvgIpc) is 3.05. The molecule has 1 aliphatic carbocycles. The van der Waals surface area contributed by atoms with Crippen molar-refractivity contribution in [3.8, 4) is 6.07 Å². The van der Waals surface area contributed by atoms with E-state index in [1.54, 1.807) is 24.3 Å². The van der Waals surface area contributed by atoms with Crippen LogP contribution in [0.25, 0.3) is 0 Å². The van der Waals surface area contributed by atoms with E-state index in [-0.39, 0.29) is 10.8 Å². The lowest BCUT2D eigenvalue weighted by molar-refractivity contribution is 0.586. The lowest BCUT2D eigenvalue weighted by Crippen LogP contribution is -2.23. The maximum Gasteiger partial charge on any atom is 0.198 e. The molecule has 0 amide bonds. The highest BCUT2D eigenvalue weighted by Crippen LogP contribution is 2.52. The van der Waals surface area contributed by atoms with E-state index in [0.717, 1.165) is 0 Å². The first-order valence-corrected chi connectivity index (χ1v) is 6.40. The molecule has 0 aromatic heterocycles. The molecule has 0 radical (unpaired) electrons. The summed E-state index contributed by atoms with van der Waals surface area (Å²) in [5.74, 6) is -0.247. The van der Waals surface area contributed by atoms with Crippen molar-refractivity contribution in [2.45, 2.75) is 16.1 Å². The van der Waals surface area contributed by atoms with Crippen molar-refractivity contribution in [2.24, 2.45) is 5.92 Å². The highest BCUT2D eigenvalue weighted by molar-refractivity contribution is 7.93. The Balaban J connectivity index is 2.50. The van der Waals surface area contributed by atoms with E-state index in [1.165, 1.54) is 12.1 Å².